The van der Waals surface area contributed by atoms with Crippen molar-refractivity contribution in [2.24, 2.45) is 0 Å². The van der Waals surface area contributed by atoms with Crippen LogP contribution in [0.2, 0.25) is 0 Å². The van der Waals surface area contributed by atoms with Crippen LogP contribution in [-0.4, -0.2) is 54.8 Å². The zero-order valence-corrected chi connectivity index (χ0v) is 12.0. The second-order valence-electron chi connectivity index (χ2n) is 5.39. The molecule has 3 aromatic rings. The van der Waals surface area contributed by atoms with Crippen LogP contribution in [0.1, 0.15) is 6.23 Å². The lowest BCUT2D eigenvalue weighted by atomic mass is 10.1. The maximum Gasteiger partial charge on any atom is 0.164 e. The Morgan fingerprint density at radius 2 is 2.04 bits per heavy atom. The van der Waals surface area contributed by atoms with Crippen LogP contribution in [0, 0.1) is 0 Å². The Labute approximate surface area is 130 Å². The van der Waals surface area contributed by atoms with Gasteiger partial charge in [-0.3, -0.25) is 4.98 Å². The molecule has 8 heteroatoms. The van der Waals surface area contributed by atoms with Gasteiger partial charge in [0.2, 0.25) is 0 Å². The van der Waals surface area contributed by atoms with Crippen molar-refractivity contribution in [3.05, 3.63) is 37.0 Å². The summed E-state index contributed by atoms with van der Waals surface area (Å²) in [7, 11) is 0. The number of imidazole rings is 1. The van der Waals surface area contributed by atoms with Crippen molar-refractivity contribution < 1.29 is 24.5 Å². The highest BCUT2D eigenvalue weighted by molar-refractivity contribution is 5.88. The van der Waals surface area contributed by atoms with Crippen LogP contribution in [0.25, 0.3) is 22.5 Å². The lowest BCUT2D eigenvalue weighted by Gasteiger charge is -2.17. The van der Waals surface area contributed by atoms with Crippen LogP contribution in [-0.2, 0) is 4.74 Å². The van der Waals surface area contributed by atoms with Gasteiger partial charge in [0.15, 0.2) is 12.0 Å². The van der Waals surface area contributed by atoms with Crippen molar-refractivity contribution in [2.75, 3.05) is 6.61 Å². The SMILES string of the molecule is OC[C@H]1O[C@@H](n2cnc3c(-c4ccco4)nccc32)[C@H](O)[C@@H]1O. The van der Waals surface area contributed by atoms with Crippen molar-refractivity contribution in [1.29, 1.82) is 0 Å². The first-order chi connectivity index (χ1) is 11.2. The molecule has 4 rings (SSSR count). The number of nitrogens with zero attached hydrogens (tertiary/aromatic N) is 3. The van der Waals surface area contributed by atoms with Crippen LogP contribution >= 0.6 is 0 Å². The van der Waals surface area contributed by atoms with Crippen molar-refractivity contribution in [3.8, 4) is 11.5 Å². The third kappa shape index (κ3) is 2.15. The third-order valence-electron chi connectivity index (χ3n) is 4.04. The molecule has 0 saturated carbocycles. The second kappa shape index (κ2) is 5.43. The van der Waals surface area contributed by atoms with E-state index in [0.29, 0.717) is 22.5 Å². The molecule has 1 aliphatic rings. The van der Waals surface area contributed by atoms with E-state index in [9.17, 15) is 15.3 Å². The first-order valence-corrected chi connectivity index (χ1v) is 7.18. The van der Waals surface area contributed by atoms with E-state index in [4.69, 9.17) is 9.15 Å². The quantitative estimate of drug-likeness (QED) is 0.636. The Morgan fingerprint density at radius 3 is 2.74 bits per heavy atom. The molecule has 0 radical (unpaired) electrons. The molecule has 0 aromatic carbocycles. The van der Waals surface area contributed by atoms with Crippen LogP contribution in [0.4, 0.5) is 0 Å². The van der Waals surface area contributed by atoms with Gasteiger partial charge in [0.05, 0.1) is 24.7 Å². The van der Waals surface area contributed by atoms with Gasteiger partial charge in [0, 0.05) is 6.20 Å². The Kier molecular flexibility index (Phi) is 3.38. The number of hydrogen-bond acceptors (Lipinski definition) is 7. The van der Waals surface area contributed by atoms with E-state index in [1.165, 1.54) is 6.33 Å². The standard InChI is InChI=1S/C15H15N3O5/c19-6-10-13(20)14(21)15(23-10)18-7-17-11-8(18)3-4-16-12(11)9-2-1-5-22-9/h1-5,7,10,13-15,19-21H,6H2/t10-,13-,14-,15-/m1/s1. The fourth-order valence-electron chi connectivity index (χ4n) is 2.87. The van der Waals surface area contributed by atoms with Crippen molar-refractivity contribution in [3.63, 3.8) is 0 Å². The number of aliphatic hydroxyl groups excluding tert-OH is 3. The Balaban J connectivity index is 1.80. The second-order valence-corrected chi connectivity index (χ2v) is 5.39. The number of rotatable bonds is 3. The number of hydrogen-bond donors (Lipinski definition) is 3. The van der Waals surface area contributed by atoms with Crippen molar-refractivity contribution >= 4 is 11.0 Å². The van der Waals surface area contributed by atoms with Crippen LogP contribution in [0.5, 0.6) is 0 Å². The van der Waals surface area contributed by atoms with E-state index in [1.807, 2.05) is 0 Å². The van der Waals surface area contributed by atoms with Crippen molar-refractivity contribution in [1.82, 2.24) is 14.5 Å². The summed E-state index contributed by atoms with van der Waals surface area (Å²) in [6.45, 7) is -0.374. The fraction of sp³-hybridized carbons (Fsp3) is 0.333. The maximum atomic E-state index is 10.2. The summed E-state index contributed by atoms with van der Waals surface area (Å²) in [6, 6.07) is 5.29. The minimum absolute atomic E-state index is 0.374. The number of ether oxygens (including phenoxy) is 1. The molecule has 3 aromatic heterocycles. The first kappa shape index (κ1) is 14.3. The monoisotopic (exact) mass is 317 g/mol. The molecule has 0 bridgehead atoms. The summed E-state index contributed by atoms with van der Waals surface area (Å²) in [4.78, 5) is 8.63. The van der Waals surface area contributed by atoms with E-state index in [2.05, 4.69) is 9.97 Å². The smallest absolute Gasteiger partial charge is 0.164 e. The number of furan rings is 1. The number of aliphatic hydroxyl groups is 3. The number of fused-ring (bicyclic) bond motifs is 1. The van der Waals surface area contributed by atoms with E-state index in [-0.39, 0.29) is 6.61 Å². The highest BCUT2D eigenvalue weighted by Gasteiger charge is 2.43. The molecule has 1 aliphatic heterocycles. The molecular formula is C15H15N3O5. The van der Waals surface area contributed by atoms with Crippen molar-refractivity contribution in [2.45, 2.75) is 24.5 Å². The Hall–Kier alpha value is -2.26. The zero-order valence-electron chi connectivity index (χ0n) is 12.0. The summed E-state index contributed by atoms with van der Waals surface area (Å²) in [5.74, 6) is 0.585. The summed E-state index contributed by atoms with van der Waals surface area (Å²) in [5, 5.41) is 29.3. The number of pyridine rings is 1. The molecule has 0 spiro atoms. The van der Waals surface area contributed by atoms with E-state index >= 15 is 0 Å². The molecule has 0 amide bonds. The highest BCUT2D eigenvalue weighted by Crippen LogP contribution is 2.33. The normalized spacial score (nSPS) is 27.8. The molecule has 120 valence electrons. The minimum atomic E-state index is -1.16. The van der Waals surface area contributed by atoms with Gasteiger partial charge in [0.25, 0.3) is 0 Å². The Bertz CT molecular complexity index is 816. The summed E-state index contributed by atoms with van der Waals surface area (Å²) in [6.07, 6.45) is 0.689. The molecule has 23 heavy (non-hydrogen) atoms. The summed E-state index contributed by atoms with van der Waals surface area (Å²) >= 11 is 0. The van der Waals surface area contributed by atoms with Gasteiger partial charge in [-0.25, -0.2) is 4.98 Å². The molecule has 3 N–H and O–H groups in total. The van der Waals surface area contributed by atoms with Gasteiger partial charge in [-0.1, -0.05) is 0 Å². The lowest BCUT2D eigenvalue weighted by Crippen LogP contribution is -2.33. The third-order valence-corrected chi connectivity index (χ3v) is 4.04. The zero-order chi connectivity index (χ0) is 16.0. The molecule has 4 heterocycles. The predicted octanol–water partition coefficient (Wildman–Crippen LogP) is 0.303. The van der Waals surface area contributed by atoms with Gasteiger partial charge in [-0.2, -0.15) is 0 Å². The van der Waals surface area contributed by atoms with Crippen LogP contribution in [0.3, 0.4) is 0 Å². The maximum absolute atomic E-state index is 10.2. The molecule has 4 atom stereocenters. The molecule has 1 saturated heterocycles. The lowest BCUT2D eigenvalue weighted by molar-refractivity contribution is -0.0508. The Morgan fingerprint density at radius 1 is 1.17 bits per heavy atom. The molecular weight excluding hydrogens is 302 g/mol. The molecule has 0 unspecified atom stereocenters. The van der Waals surface area contributed by atoms with Crippen LogP contribution < -0.4 is 0 Å². The van der Waals surface area contributed by atoms with E-state index in [0.717, 1.165) is 0 Å². The molecule has 1 fully saturated rings. The minimum Gasteiger partial charge on any atom is -0.463 e. The van der Waals surface area contributed by atoms with E-state index in [1.54, 1.807) is 35.2 Å². The predicted molar refractivity (Wildman–Crippen MR) is 78.2 cm³/mol. The van der Waals surface area contributed by atoms with Gasteiger partial charge >= 0.3 is 0 Å². The van der Waals surface area contributed by atoms with E-state index < -0.39 is 24.5 Å². The van der Waals surface area contributed by atoms with Gasteiger partial charge in [-0.05, 0) is 18.2 Å². The topological polar surface area (TPSA) is 114 Å². The average Bonchev–Trinajstić information content (AvgIpc) is 3.28. The highest BCUT2D eigenvalue weighted by atomic mass is 16.6. The fourth-order valence-corrected chi connectivity index (χ4v) is 2.87. The largest absolute Gasteiger partial charge is 0.463 e. The number of aromatic nitrogens is 3. The summed E-state index contributed by atoms with van der Waals surface area (Å²) < 4.78 is 12.5. The average molecular weight is 317 g/mol. The van der Waals surface area contributed by atoms with Crippen LogP contribution in [0.15, 0.2) is 41.4 Å². The molecule has 0 aliphatic carbocycles. The summed E-state index contributed by atoms with van der Waals surface area (Å²) in [5.41, 5.74) is 1.86. The molecule has 8 nitrogen and oxygen atoms in total. The first-order valence-electron chi connectivity index (χ1n) is 7.18. The van der Waals surface area contributed by atoms with Gasteiger partial charge in [0.1, 0.15) is 29.5 Å². The van der Waals surface area contributed by atoms with Gasteiger partial charge in [-0.15, -0.1) is 0 Å². The van der Waals surface area contributed by atoms with Gasteiger partial charge < -0.3 is 29.0 Å².